The zero-order valence-corrected chi connectivity index (χ0v) is 12.6. The predicted molar refractivity (Wildman–Crippen MR) is 80.2 cm³/mol. The van der Waals surface area contributed by atoms with Crippen molar-refractivity contribution >= 4 is 44.6 Å². The van der Waals surface area contributed by atoms with Crippen LogP contribution in [0.25, 0.3) is 22.2 Å². The summed E-state index contributed by atoms with van der Waals surface area (Å²) in [5, 5.41) is 6.49. The molecule has 3 rings (SSSR count). The van der Waals surface area contributed by atoms with E-state index >= 15 is 0 Å². The molecule has 0 aliphatic heterocycles. The third kappa shape index (κ3) is 2.51. The first-order valence-electron chi connectivity index (χ1n) is 5.27. The number of benzene rings is 1. The monoisotopic (exact) mass is 355 g/mol. The fourth-order valence-electron chi connectivity index (χ4n) is 1.59. The van der Waals surface area contributed by atoms with Crippen LogP contribution in [0.3, 0.4) is 0 Å². The molecule has 2 N–H and O–H groups in total. The average Bonchev–Trinajstić information content (AvgIpc) is 2.97. The summed E-state index contributed by atoms with van der Waals surface area (Å²) in [6, 6.07) is 7.09. The largest absolute Gasteiger partial charge is 0.398 e. The molecule has 0 unspecified atom stereocenters. The van der Waals surface area contributed by atoms with Gasteiger partial charge in [0.2, 0.25) is 5.82 Å². The van der Waals surface area contributed by atoms with Crippen LogP contribution in [0, 0.1) is 0 Å². The summed E-state index contributed by atoms with van der Waals surface area (Å²) in [7, 11) is 0. The zero-order valence-electron chi connectivity index (χ0n) is 9.43. The van der Waals surface area contributed by atoms with Gasteiger partial charge in [-0.25, -0.2) is 0 Å². The molecule has 2 aromatic heterocycles. The van der Waals surface area contributed by atoms with Gasteiger partial charge in [0.15, 0.2) is 0 Å². The Balaban J connectivity index is 2.01. The molecule has 0 aliphatic carbocycles. The maximum absolute atomic E-state index is 5.89. The quantitative estimate of drug-likeness (QED) is 0.688. The molecule has 0 atom stereocenters. The highest BCUT2D eigenvalue weighted by atomic mass is 79.9. The van der Waals surface area contributed by atoms with E-state index in [0.29, 0.717) is 28.0 Å². The van der Waals surface area contributed by atoms with Crippen molar-refractivity contribution in [3.63, 3.8) is 0 Å². The Morgan fingerprint density at radius 2 is 2.16 bits per heavy atom. The van der Waals surface area contributed by atoms with Gasteiger partial charge in [-0.05, 0) is 40.2 Å². The van der Waals surface area contributed by atoms with Crippen LogP contribution < -0.4 is 5.73 Å². The smallest absolute Gasteiger partial charge is 0.260 e. The lowest BCUT2D eigenvalue weighted by Gasteiger charge is -1.99. The number of anilines is 1. The Morgan fingerprint density at radius 1 is 1.32 bits per heavy atom. The lowest BCUT2D eigenvalue weighted by molar-refractivity contribution is 0.432. The number of nitrogens with two attached hydrogens (primary N) is 1. The summed E-state index contributed by atoms with van der Waals surface area (Å²) in [6.07, 6.45) is 0. The molecular formula is C12H7BrClN3OS. The van der Waals surface area contributed by atoms with E-state index in [4.69, 9.17) is 21.9 Å². The van der Waals surface area contributed by atoms with Crippen molar-refractivity contribution < 1.29 is 4.52 Å². The maximum Gasteiger partial charge on any atom is 0.260 e. The molecule has 0 spiro atoms. The van der Waals surface area contributed by atoms with E-state index in [-0.39, 0.29) is 0 Å². The van der Waals surface area contributed by atoms with Crippen LogP contribution in [0.4, 0.5) is 5.69 Å². The molecule has 0 radical (unpaired) electrons. The number of hydrogen-bond acceptors (Lipinski definition) is 5. The summed E-state index contributed by atoms with van der Waals surface area (Å²) in [5.74, 6) is 0.925. The van der Waals surface area contributed by atoms with Crippen molar-refractivity contribution in [2.24, 2.45) is 0 Å². The third-order valence-electron chi connectivity index (χ3n) is 2.46. The minimum atomic E-state index is 0.383. The van der Waals surface area contributed by atoms with Crippen LogP contribution in [0.15, 0.2) is 38.6 Å². The minimum absolute atomic E-state index is 0.383. The lowest BCUT2D eigenvalue weighted by atomic mass is 10.2. The average molecular weight is 357 g/mol. The van der Waals surface area contributed by atoms with Crippen LogP contribution in [0.5, 0.6) is 0 Å². The minimum Gasteiger partial charge on any atom is -0.398 e. The Hall–Kier alpha value is -1.37. The number of thiophene rings is 1. The third-order valence-corrected chi connectivity index (χ3v) is 4.38. The summed E-state index contributed by atoms with van der Waals surface area (Å²) < 4.78 is 6.23. The van der Waals surface area contributed by atoms with Gasteiger partial charge < -0.3 is 10.3 Å². The van der Waals surface area contributed by atoms with Gasteiger partial charge in [0.1, 0.15) is 0 Å². The van der Waals surface area contributed by atoms with E-state index < -0.39 is 0 Å². The van der Waals surface area contributed by atoms with Gasteiger partial charge in [0.05, 0.1) is 10.4 Å². The second-order valence-corrected chi connectivity index (χ2v) is 6.05. The fourth-order valence-corrected chi connectivity index (χ4v) is 3.12. The van der Waals surface area contributed by atoms with E-state index in [1.165, 1.54) is 11.3 Å². The van der Waals surface area contributed by atoms with Crippen LogP contribution >= 0.6 is 38.9 Å². The van der Waals surface area contributed by atoms with E-state index in [9.17, 15) is 0 Å². The molecule has 0 aliphatic rings. The Labute approximate surface area is 126 Å². The molecule has 0 fully saturated rings. The molecule has 0 bridgehead atoms. The highest BCUT2D eigenvalue weighted by Gasteiger charge is 2.14. The number of hydrogen-bond donors (Lipinski definition) is 1. The van der Waals surface area contributed by atoms with Crippen molar-refractivity contribution in [3.8, 4) is 22.2 Å². The van der Waals surface area contributed by atoms with E-state index in [1.807, 2.05) is 11.4 Å². The summed E-state index contributed by atoms with van der Waals surface area (Å²) >= 11 is 10.8. The highest BCUT2D eigenvalue weighted by Crippen LogP contribution is 2.31. The first kappa shape index (κ1) is 12.7. The Kier molecular flexibility index (Phi) is 3.30. The molecule has 7 heteroatoms. The van der Waals surface area contributed by atoms with E-state index in [1.54, 1.807) is 18.2 Å². The van der Waals surface area contributed by atoms with Gasteiger partial charge in [-0.1, -0.05) is 16.8 Å². The molecule has 96 valence electrons. The molecule has 19 heavy (non-hydrogen) atoms. The second kappa shape index (κ2) is 4.96. The normalized spacial score (nSPS) is 10.8. The molecule has 0 saturated heterocycles. The van der Waals surface area contributed by atoms with Gasteiger partial charge in [-0.3, -0.25) is 0 Å². The first-order valence-corrected chi connectivity index (χ1v) is 7.32. The number of nitrogen functional groups attached to an aromatic ring is 1. The van der Waals surface area contributed by atoms with Crippen molar-refractivity contribution in [1.82, 2.24) is 10.1 Å². The number of rotatable bonds is 2. The summed E-state index contributed by atoms with van der Waals surface area (Å²) in [4.78, 5) is 5.27. The van der Waals surface area contributed by atoms with Gasteiger partial charge in [-0.15, -0.1) is 11.3 Å². The van der Waals surface area contributed by atoms with Crippen molar-refractivity contribution in [1.29, 1.82) is 0 Å². The molecular weight excluding hydrogens is 350 g/mol. The van der Waals surface area contributed by atoms with Gasteiger partial charge in [0.25, 0.3) is 5.89 Å². The van der Waals surface area contributed by atoms with E-state index in [0.717, 1.165) is 9.35 Å². The number of halogens is 2. The SMILES string of the molecule is Nc1cc(Cl)ccc1-c1nc(-c2cc(Br)cs2)no1. The number of nitrogens with zero attached hydrogens (tertiary/aromatic N) is 2. The van der Waals surface area contributed by atoms with Crippen LogP contribution in [0.2, 0.25) is 5.02 Å². The summed E-state index contributed by atoms with van der Waals surface area (Å²) in [6.45, 7) is 0. The van der Waals surface area contributed by atoms with Gasteiger partial charge >= 0.3 is 0 Å². The van der Waals surface area contributed by atoms with Crippen molar-refractivity contribution in [2.75, 3.05) is 5.73 Å². The predicted octanol–water partition coefficient (Wildman–Crippen LogP) is 4.46. The molecule has 1 aromatic carbocycles. The second-order valence-electron chi connectivity index (χ2n) is 3.78. The molecule has 4 nitrogen and oxygen atoms in total. The molecule has 3 aromatic rings. The Morgan fingerprint density at radius 3 is 2.84 bits per heavy atom. The number of aromatic nitrogens is 2. The lowest BCUT2D eigenvalue weighted by Crippen LogP contribution is -1.89. The maximum atomic E-state index is 5.89. The van der Waals surface area contributed by atoms with Crippen molar-refractivity contribution in [2.45, 2.75) is 0 Å². The van der Waals surface area contributed by atoms with Crippen LogP contribution in [0.1, 0.15) is 0 Å². The van der Waals surface area contributed by atoms with Crippen LogP contribution in [-0.4, -0.2) is 10.1 Å². The molecule has 0 amide bonds. The fraction of sp³-hybridized carbons (Fsp3) is 0. The summed E-state index contributed by atoms with van der Waals surface area (Å²) in [5.41, 5.74) is 7.08. The molecule has 2 heterocycles. The first-order chi connectivity index (χ1) is 9.13. The van der Waals surface area contributed by atoms with Crippen molar-refractivity contribution in [3.05, 3.63) is 39.1 Å². The highest BCUT2D eigenvalue weighted by molar-refractivity contribution is 9.10. The molecule has 0 saturated carbocycles. The van der Waals surface area contributed by atoms with Gasteiger partial charge in [-0.2, -0.15) is 4.98 Å². The standard InChI is InChI=1S/C12H7BrClN3OS/c13-6-3-10(19-5-6)11-16-12(18-17-11)8-2-1-7(14)4-9(8)15/h1-5H,15H2. The Bertz CT molecular complexity index is 740. The van der Waals surface area contributed by atoms with E-state index in [2.05, 4.69) is 26.1 Å². The van der Waals surface area contributed by atoms with Gasteiger partial charge in [0, 0.05) is 20.6 Å². The zero-order chi connectivity index (χ0) is 13.4. The topological polar surface area (TPSA) is 64.9 Å². The van der Waals surface area contributed by atoms with Crippen LogP contribution in [-0.2, 0) is 0 Å².